The molecule has 0 aliphatic heterocycles. The zero-order valence-electron chi connectivity index (χ0n) is 4.94. The summed E-state index contributed by atoms with van der Waals surface area (Å²) in [5, 5.41) is 9.76. The minimum Gasteiger partial charge on any atom is -0.550 e. The quantitative estimate of drug-likeness (QED) is 0.506. The van der Waals surface area contributed by atoms with Gasteiger partial charge in [0.1, 0.15) is 0 Å². The Kier molecular flexibility index (Phi) is 8.09. The minimum absolute atomic E-state index is 0. The summed E-state index contributed by atoms with van der Waals surface area (Å²) in [7, 11) is 0. The summed E-state index contributed by atoms with van der Waals surface area (Å²) in [4.78, 5) is 9.76. The van der Waals surface area contributed by atoms with Crippen molar-refractivity contribution in [2.45, 2.75) is 16.6 Å². The average Bonchev–Trinajstić information content (AvgIpc) is 1.59. The molecule has 0 aromatic heterocycles. The molecule has 10 heavy (non-hydrogen) atoms. The molecule has 6 heteroatoms. The first kappa shape index (κ1) is 13.8. The van der Waals surface area contributed by atoms with E-state index in [1.54, 1.807) is 0 Å². The van der Waals surface area contributed by atoms with Gasteiger partial charge in [0.05, 0.1) is 0 Å². The van der Waals surface area contributed by atoms with Crippen LogP contribution in [-0.4, -0.2) is 37.1 Å². The Balaban J connectivity index is 0. The van der Waals surface area contributed by atoms with Crippen molar-refractivity contribution in [1.82, 2.24) is 0 Å². The molecule has 0 spiro atoms. The summed E-state index contributed by atoms with van der Waals surface area (Å²) in [5.74, 6) is -1.21. The van der Waals surface area contributed by atoms with Gasteiger partial charge >= 0.3 is 27.3 Å². The van der Waals surface area contributed by atoms with E-state index in [-0.39, 0.29) is 40.1 Å². The third-order valence-corrected chi connectivity index (χ3v) is 1.18. The smallest absolute Gasteiger partial charge is 0.550 e. The van der Waals surface area contributed by atoms with Gasteiger partial charge in [-0.05, 0) is 12.8 Å². The van der Waals surface area contributed by atoms with E-state index in [2.05, 4.69) is 0 Å². The van der Waals surface area contributed by atoms with E-state index in [0.717, 1.165) is 0 Å². The summed E-state index contributed by atoms with van der Waals surface area (Å²) in [5.41, 5.74) is 0. The van der Waals surface area contributed by atoms with E-state index in [1.807, 2.05) is 0 Å². The summed E-state index contributed by atoms with van der Waals surface area (Å²) in [6, 6.07) is 0. The van der Waals surface area contributed by atoms with Crippen LogP contribution in [0.4, 0.5) is 0 Å². The summed E-state index contributed by atoms with van der Waals surface area (Å²) < 4.78 is -1.47. The van der Waals surface area contributed by atoms with Gasteiger partial charge in [0.15, 0.2) is 3.79 Å². The number of carbonyl (C=O) groups is 1. The average molecular weight is 395 g/mol. The van der Waals surface area contributed by atoms with Crippen LogP contribution in [0, 0.1) is 0 Å². The second-order valence-electron chi connectivity index (χ2n) is 1.49. The molecule has 0 aliphatic rings. The molecular formula is C4H4Cl3O2Tl. The summed E-state index contributed by atoms with van der Waals surface area (Å²) in [6.45, 7) is 0. The molecule has 0 aliphatic carbocycles. The molecule has 0 N–H and O–H groups in total. The van der Waals surface area contributed by atoms with Crippen LogP contribution in [0.3, 0.4) is 0 Å². The van der Waals surface area contributed by atoms with Crippen LogP contribution in [0.2, 0.25) is 0 Å². The Labute approximate surface area is 94.0 Å². The largest absolute Gasteiger partial charge is 1.00 e. The predicted octanol–water partition coefficient (Wildman–Crippen LogP) is 0.506. The number of carboxylic acid groups (broad SMARTS) is 1. The third kappa shape index (κ3) is 12.0. The fourth-order valence-corrected chi connectivity index (χ4v) is 0.527. The molecule has 0 atom stereocenters. The zero-order valence-corrected chi connectivity index (χ0v) is 11.7. The van der Waals surface area contributed by atoms with Crippen LogP contribution >= 0.6 is 34.8 Å². The van der Waals surface area contributed by atoms with Crippen LogP contribution in [-0.2, 0) is 4.79 Å². The van der Waals surface area contributed by atoms with Gasteiger partial charge in [-0.25, -0.2) is 0 Å². The van der Waals surface area contributed by atoms with Crippen LogP contribution in [0.1, 0.15) is 12.8 Å². The van der Waals surface area contributed by atoms with Gasteiger partial charge in [-0.15, -0.1) is 0 Å². The van der Waals surface area contributed by atoms with E-state index in [0.29, 0.717) is 0 Å². The second-order valence-corrected chi connectivity index (χ2v) is 4.00. The maximum Gasteiger partial charge on any atom is 1.00 e. The number of hydrogen-bond acceptors (Lipinski definition) is 2. The van der Waals surface area contributed by atoms with Crippen LogP contribution in [0.15, 0.2) is 0 Å². The van der Waals surface area contributed by atoms with Crippen molar-refractivity contribution in [3.63, 3.8) is 0 Å². The second kappa shape index (κ2) is 5.85. The Morgan fingerprint density at radius 1 is 1.40 bits per heavy atom. The molecule has 0 aromatic carbocycles. The molecule has 0 saturated carbocycles. The first-order valence-electron chi connectivity index (χ1n) is 2.18. The number of carboxylic acids is 1. The van der Waals surface area contributed by atoms with Gasteiger partial charge in [0.2, 0.25) is 0 Å². The Hall–Kier alpha value is 1.26. The first-order valence-corrected chi connectivity index (χ1v) is 3.32. The molecule has 0 aromatic rings. The molecule has 0 fully saturated rings. The first-order chi connectivity index (χ1) is 3.92. The molecule has 0 amide bonds. The van der Waals surface area contributed by atoms with Crippen LogP contribution < -0.4 is 5.11 Å². The van der Waals surface area contributed by atoms with Crippen molar-refractivity contribution >= 4 is 68.1 Å². The molecule has 56 valence electrons. The number of alkyl halides is 3. The monoisotopic (exact) mass is 394 g/mol. The SMILES string of the molecule is O=C([O-])CCC(Cl)(Cl)Cl.[Tl+]. The minimum atomic E-state index is -1.47. The number of aliphatic carboxylic acids is 1. The number of rotatable bonds is 2. The molecule has 2 nitrogen and oxygen atoms in total. The maximum atomic E-state index is 9.76. The standard InChI is InChI=1S/C4H5Cl3O2.Tl/c5-4(6,7)2-1-3(8)9;/h1-2H2,(H,8,9);/q;+1/p-1. The fourth-order valence-electron chi connectivity index (χ4n) is 0.244. The Bertz CT molecular complexity index is 112. The van der Waals surface area contributed by atoms with Crippen molar-refractivity contribution in [3.8, 4) is 0 Å². The van der Waals surface area contributed by atoms with Crippen molar-refractivity contribution in [2.75, 3.05) is 0 Å². The fraction of sp³-hybridized carbons (Fsp3) is 0.750. The topological polar surface area (TPSA) is 40.1 Å². The predicted molar refractivity (Wildman–Crippen MR) is 40.3 cm³/mol. The Morgan fingerprint density at radius 3 is 1.90 bits per heavy atom. The van der Waals surface area contributed by atoms with Gasteiger partial charge in [-0.2, -0.15) is 0 Å². The molecule has 0 rings (SSSR count). The molecule has 0 radical (unpaired) electrons. The van der Waals surface area contributed by atoms with Crippen LogP contribution in [0.25, 0.3) is 0 Å². The summed E-state index contributed by atoms with van der Waals surface area (Å²) >= 11 is 15.7. The normalized spacial score (nSPS) is 10.3. The third-order valence-electron chi connectivity index (χ3n) is 0.613. The van der Waals surface area contributed by atoms with Gasteiger partial charge in [0.25, 0.3) is 0 Å². The summed E-state index contributed by atoms with van der Waals surface area (Å²) in [6.07, 6.45) is -0.240. The molecule has 0 heterocycles. The van der Waals surface area contributed by atoms with E-state index < -0.39 is 9.76 Å². The van der Waals surface area contributed by atoms with Crippen molar-refractivity contribution < 1.29 is 9.90 Å². The van der Waals surface area contributed by atoms with Crippen molar-refractivity contribution in [1.29, 1.82) is 0 Å². The number of carbonyl (C=O) groups excluding carboxylic acids is 1. The van der Waals surface area contributed by atoms with Gasteiger partial charge in [-0.3, -0.25) is 0 Å². The Morgan fingerprint density at radius 2 is 1.80 bits per heavy atom. The molecular weight excluding hydrogens is 391 g/mol. The van der Waals surface area contributed by atoms with E-state index >= 15 is 0 Å². The molecule has 0 unspecified atom stereocenters. The van der Waals surface area contributed by atoms with Gasteiger partial charge < -0.3 is 9.90 Å². The van der Waals surface area contributed by atoms with Crippen molar-refractivity contribution in [3.05, 3.63) is 0 Å². The van der Waals surface area contributed by atoms with E-state index in [4.69, 9.17) is 34.8 Å². The zero-order chi connectivity index (χ0) is 7.49. The van der Waals surface area contributed by atoms with Crippen LogP contribution in [0.5, 0.6) is 0 Å². The van der Waals surface area contributed by atoms with Crippen molar-refractivity contribution in [2.24, 2.45) is 0 Å². The number of hydrogen-bond donors (Lipinski definition) is 0. The van der Waals surface area contributed by atoms with Gasteiger partial charge in [0, 0.05) is 5.97 Å². The van der Waals surface area contributed by atoms with Gasteiger partial charge in [-0.1, -0.05) is 34.8 Å². The van der Waals surface area contributed by atoms with E-state index in [9.17, 15) is 9.90 Å². The van der Waals surface area contributed by atoms with E-state index in [1.165, 1.54) is 0 Å². The maximum absolute atomic E-state index is 9.76. The molecule has 0 saturated heterocycles. The number of halogens is 3. The molecule has 0 bridgehead atoms.